The predicted octanol–water partition coefficient (Wildman–Crippen LogP) is 1.07. The van der Waals surface area contributed by atoms with Gasteiger partial charge in [0, 0.05) is 5.75 Å². The van der Waals surface area contributed by atoms with Crippen LogP contribution < -0.4 is 5.48 Å². The van der Waals surface area contributed by atoms with Gasteiger partial charge in [0.15, 0.2) is 0 Å². The van der Waals surface area contributed by atoms with Gasteiger partial charge in [-0.2, -0.15) is 0 Å². The zero-order valence-electron chi connectivity index (χ0n) is 6.13. The second-order valence-corrected chi connectivity index (χ2v) is 3.12. The first-order chi connectivity index (χ1) is 5.27. The third-order valence-electron chi connectivity index (χ3n) is 1.41. The number of allylic oxidation sites excluding steroid dienone is 2. The van der Waals surface area contributed by atoms with Gasteiger partial charge in [-0.3, -0.25) is 10.0 Å². The molecule has 1 aliphatic rings. The second-order valence-electron chi connectivity index (χ2n) is 2.10. The first-order valence-electron chi connectivity index (χ1n) is 3.22. The number of carbonyl (C=O) groups excluding carboxylic acids is 1. The van der Waals surface area contributed by atoms with Gasteiger partial charge < -0.3 is 0 Å². The Hall–Kier alpha value is -0.740. The molecular formula is C7H9NO2S. The molecule has 1 aliphatic heterocycles. The maximum atomic E-state index is 10.8. The van der Waals surface area contributed by atoms with Crippen LogP contribution in [0.5, 0.6) is 0 Å². The van der Waals surface area contributed by atoms with Crippen LogP contribution in [0, 0.1) is 0 Å². The highest BCUT2D eigenvalue weighted by Crippen LogP contribution is 2.28. The van der Waals surface area contributed by atoms with Crippen molar-refractivity contribution in [3.05, 3.63) is 22.6 Å². The highest BCUT2D eigenvalue weighted by Gasteiger charge is 2.15. The van der Waals surface area contributed by atoms with E-state index in [0.717, 1.165) is 11.3 Å². The highest BCUT2D eigenvalue weighted by molar-refractivity contribution is 8.04. The molecule has 0 bridgehead atoms. The predicted molar refractivity (Wildman–Crippen MR) is 44.2 cm³/mol. The van der Waals surface area contributed by atoms with Crippen molar-refractivity contribution in [2.45, 2.75) is 6.92 Å². The van der Waals surface area contributed by atoms with Gasteiger partial charge in [0.2, 0.25) is 0 Å². The Morgan fingerprint density at radius 3 is 3.09 bits per heavy atom. The van der Waals surface area contributed by atoms with Crippen LogP contribution in [0.4, 0.5) is 0 Å². The van der Waals surface area contributed by atoms with Gasteiger partial charge >= 0.3 is 0 Å². The quantitative estimate of drug-likeness (QED) is 0.458. The van der Waals surface area contributed by atoms with Crippen molar-refractivity contribution in [1.29, 1.82) is 0 Å². The van der Waals surface area contributed by atoms with E-state index in [1.165, 1.54) is 11.8 Å². The number of thioether (sulfide) groups is 1. The molecule has 0 saturated carbocycles. The average Bonchev–Trinajstić information content (AvgIpc) is 2.50. The van der Waals surface area contributed by atoms with Crippen molar-refractivity contribution in [2.24, 2.45) is 0 Å². The molecule has 11 heavy (non-hydrogen) atoms. The maximum absolute atomic E-state index is 10.8. The first-order valence-corrected chi connectivity index (χ1v) is 4.20. The van der Waals surface area contributed by atoms with E-state index in [-0.39, 0.29) is 0 Å². The van der Waals surface area contributed by atoms with Crippen molar-refractivity contribution < 1.29 is 10.0 Å². The smallest absolute Gasteiger partial charge is 0.281 e. The van der Waals surface area contributed by atoms with Crippen molar-refractivity contribution in [2.75, 3.05) is 5.75 Å². The average molecular weight is 171 g/mol. The topological polar surface area (TPSA) is 49.3 Å². The van der Waals surface area contributed by atoms with Gasteiger partial charge in [-0.15, -0.1) is 11.8 Å². The Bertz CT molecular complexity index is 233. The molecule has 2 N–H and O–H groups in total. The van der Waals surface area contributed by atoms with E-state index in [9.17, 15) is 4.79 Å². The Balaban J connectivity index is 2.70. The van der Waals surface area contributed by atoms with E-state index in [2.05, 4.69) is 0 Å². The van der Waals surface area contributed by atoms with E-state index in [1.807, 2.05) is 13.0 Å². The number of hydrogen-bond donors (Lipinski definition) is 2. The number of nitrogens with one attached hydrogen (secondary N) is 1. The lowest BCUT2D eigenvalue weighted by Crippen LogP contribution is -2.18. The summed E-state index contributed by atoms with van der Waals surface area (Å²) in [4.78, 5) is 11.4. The summed E-state index contributed by atoms with van der Waals surface area (Å²) in [5, 5.41) is 8.28. The SMILES string of the molecule is C/C=C1/C=C(C(=O)NO)SC1. The van der Waals surface area contributed by atoms with Crippen LogP contribution in [0.15, 0.2) is 22.6 Å². The van der Waals surface area contributed by atoms with Crippen LogP contribution >= 0.6 is 11.8 Å². The summed E-state index contributed by atoms with van der Waals surface area (Å²) in [6.07, 6.45) is 3.72. The third-order valence-corrected chi connectivity index (χ3v) is 2.50. The summed E-state index contributed by atoms with van der Waals surface area (Å²) in [6.45, 7) is 1.92. The van der Waals surface area contributed by atoms with Gasteiger partial charge in [0.05, 0.1) is 4.91 Å². The summed E-state index contributed by atoms with van der Waals surface area (Å²) in [7, 11) is 0. The molecule has 1 heterocycles. The molecule has 60 valence electrons. The van der Waals surface area contributed by atoms with E-state index >= 15 is 0 Å². The standard InChI is InChI=1S/C7H9NO2S/c1-2-5-3-6(11-4-5)7(9)8-10/h2-3,10H,4H2,1H3,(H,8,9)/b5-2-. The molecule has 0 aromatic rings. The number of hydroxylamine groups is 1. The molecule has 1 rings (SSSR count). The zero-order chi connectivity index (χ0) is 8.27. The van der Waals surface area contributed by atoms with Crippen LogP contribution in [0.1, 0.15) is 6.92 Å². The second kappa shape index (κ2) is 3.59. The minimum Gasteiger partial charge on any atom is -0.288 e. The molecule has 0 unspecified atom stereocenters. The van der Waals surface area contributed by atoms with Gasteiger partial charge in [-0.1, -0.05) is 6.08 Å². The summed E-state index contributed by atoms with van der Waals surface area (Å²) >= 11 is 1.43. The van der Waals surface area contributed by atoms with E-state index in [4.69, 9.17) is 5.21 Å². The molecule has 0 aliphatic carbocycles. The number of carbonyl (C=O) groups is 1. The minimum absolute atomic E-state index is 0.424. The van der Waals surface area contributed by atoms with E-state index in [1.54, 1.807) is 11.6 Å². The van der Waals surface area contributed by atoms with Crippen molar-refractivity contribution >= 4 is 17.7 Å². The van der Waals surface area contributed by atoms with E-state index in [0.29, 0.717) is 4.91 Å². The number of amides is 1. The third kappa shape index (κ3) is 1.85. The fourth-order valence-electron chi connectivity index (χ4n) is 0.766. The van der Waals surface area contributed by atoms with Crippen LogP contribution in [0.25, 0.3) is 0 Å². The fraction of sp³-hybridized carbons (Fsp3) is 0.286. The Kier molecular flexibility index (Phi) is 2.73. The van der Waals surface area contributed by atoms with Gasteiger partial charge in [-0.25, -0.2) is 5.48 Å². The maximum Gasteiger partial charge on any atom is 0.281 e. The Labute approximate surface area is 69.1 Å². The molecule has 0 atom stereocenters. The molecule has 4 heteroatoms. The fourth-order valence-corrected chi connectivity index (χ4v) is 1.75. The highest BCUT2D eigenvalue weighted by atomic mass is 32.2. The summed E-state index contributed by atoms with van der Waals surface area (Å²) in [5.74, 6) is 0.394. The van der Waals surface area contributed by atoms with Crippen LogP contribution in [0.2, 0.25) is 0 Å². The largest absolute Gasteiger partial charge is 0.288 e. The van der Waals surface area contributed by atoms with Crippen LogP contribution in [-0.2, 0) is 4.79 Å². The van der Waals surface area contributed by atoms with Crippen molar-refractivity contribution in [3.63, 3.8) is 0 Å². The van der Waals surface area contributed by atoms with E-state index < -0.39 is 5.91 Å². The lowest BCUT2D eigenvalue weighted by atomic mass is 10.2. The summed E-state index contributed by atoms with van der Waals surface area (Å²) in [5.41, 5.74) is 2.72. The molecule has 3 nitrogen and oxygen atoms in total. The minimum atomic E-state index is -0.424. The molecule has 0 aromatic carbocycles. The first kappa shape index (κ1) is 8.36. The van der Waals surface area contributed by atoms with Crippen molar-refractivity contribution in [3.8, 4) is 0 Å². The van der Waals surface area contributed by atoms with Gasteiger partial charge in [-0.05, 0) is 18.6 Å². The molecule has 0 radical (unpaired) electrons. The summed E-state index contributed by atoms with van der Waals surface area (Å²) in [6, 6.07) is 0. The number of hydrogen-bond acceptors (Lipinski definition) is 3. The lowest BCUT2D eigenvalue weighted by Gasteiger charge is -1.94. The van der Waals surface area contributed by atoms with Gasteiger partial charge in [0.1, 0.15) is 0 Å². The Morgan fingerprint density at radius 2 is 2.64 bits per heavy atom. The molecule has 0 saturated heterocycles. The zero-order valence-corrected chi connectivity index (χ0v) is 6.94. The number of rotatable bonds is 1. The molecule has 0 aromatic heterocycles. The van der Waals surface area contributed by atoms with Crippen LogP contribution in [0.3, 0.4) is 0 Å². The molecule has 0 spiro atoms. The monoisotopic (exact) mass is 171 g/mol. The lowest BCUT2D eigenvalue weighted by molar-refractivity contribution is -0.124. The molecule has 1 amide bonds. The summed E-state index contributed by atoms with van der Waals surface area (Å²) < 4.78 is 0. The molecular weight excluding hydrogens is 162 g/mol. The van der Waals surface area contributed by atoms with Gasteiger partial charge in [0.25, 0.3) is 5.91 Å². The van der Waals surface area contributed by atoms with Crippen molar-refractivity contribution in [1.82, 2.24) is 5.48 Å². The normalized spacial score (nSPS) is 20.2. The molecule has 0 fully saturated rings. The van der Waals surface area contributed by atoms with Crippen LogP contribution in [-0.4, -0.2) is 16.9 Å². The Morgan fingerprint density at radius 1 is 1.91 bits per heavy atom.